The molecule has 130 valence electrons. The minimum atomic E-state index is 0.670. The lowest BCUT2D eigenvalue weighted by Crippen LogP contribution is -2.29. The lowest BCUT2D eigenvalue weighted by molar-refractivity contribution is 0.555. The fourth-order valence-electron chi connectivity index (χ4n) is 2.56. The lowest BCUT2D eigenvalue weighted by Gasteiger charge is -2.10. The van der Waals surface area contributed by atoms with Crippen LogP contribution in [0.25, 0.3) is 0 Å². The van der Waals surface area contributed by atoms with Gasteiger partial charge in [0.2, 0.25) is 0 Å². The van der Waals surface area contributed by atoms with Gasteiger partial charge in [0, 0.05) is 17.3 Å². The van der Waals surface area contributed by atoms with Crippen molar-refractivity contribution >= 4 is 34.6 Å². The van der Waals surface area contributed by atoms with E-state index in [1.54, 1.807) is 0 Å². The van der Waals surface area contributed by atoms with Crippen molar-refractivity contribution in [1.82, 2.24) is 5.32 Å². The molecule has 2 N–H and O–H groups in total. The number of rotatable bonds is 12. The van der Waals surface area contributed by atoms with Gasteiger partial charge in [0.1, 0.15) is 0 Å². The molecule has 0 saturated carbocycles. The van der Waals surface area contributed by atoms with Crippen LogP contribution < -0.4 is 10.6 Å². The average Bonchev–Trinajstić information content (AvgIpc) is 2.52. The number of halogens is 1. The Labute approximate surface area is 152 Å². The summed E-state index contributed by atoms with van der Waals surface area (Å²) >= 11 is 11.2. The summed E-state index contributed by atoms with van der Waals surface area (Å²) in [5.74, 6) is 0. The van der Waals surface area contributed by atoms with Crippen LogP contribution in [0.5, 0.6) is 0 Å². The fraction of sp³-hybridized carbons (Fsp3) is 0.632. The molecule has 2 nitrogen and oxygen atoms in total. The second kappa shape index (κ2) is 13.6. The van der Waals surface area contributed by atoms with Crippen molar-refractivity contribution in [2.75, 3.05) is 11.9 Å². The molecule has 0 bridgehead atoms. The van der Waals surface area contributed by atoms with Gasteiger partial charge in [-0.25, -0.2) is 0 Å². The highest BCUT2D eigenvalue weighted by Gasteiger charge is 1.98. The number of thiocarbonyl (C=S) groups is 1. The molecule has 0 atom stereocenters. The van der Waals surface area contributed by atoms with Crippen molar-refractivity contribution in [3.8, 4) is 0 Å². The molecule has 0 unspecified atom stereocenters. The fourth-order valence-corrected chi connectivity index (χ4v) is 2.97. The van der Waals surface area contributed by atoms with Crippen molar-refractivity contribution in [3.05, 3.63) is 29.3 Å². The van der Waals surface area contributed by atoms with Crippen molar-refractivity contribution in [1.29, 1.82) is 0 Å². The summed E-state index contributed by atoms with van der Waals surface area (Å²) in [6.07, 6.45) is 13.5. The highest BCUT2D eigenvalue weighted by molar-refractivity contribution is 7.80. The minimum Gasteiger partial charge on any atom is -0.362 e. The van der Waals surface area contributed by atoms with Crippen LogP contribution in [0.2, 0.25) is 5.02 Å². The second-order valence-electron chi connectivity index (χ2n) is 6.07. The van der Waals surface area contributed by atoms with E-state index >= 15 is 0 Å². The summed E-state index contributed by atoms with van der Waals surface area (Å²) in [6.45, 7) is 3.20. The lowest BCUT2D eigenvalue weighted by atomic mass is 10.1. The first-order chi connectivity index (χ1) is 11.2. The molecule has 1 aromatic carbocycles. The maximum Gasteiger partial charge on any atom is 0.170 e. The van der Waals surface area contributed by atoms with Crippen molar-refractivity contribution in [2.24, 2.45) is 0 Å². The number of benzene rings is 1. The van der Waals surface area contributed by atoms with E-state index in [0.717, 1.165) is 12.2 Å². The minimum absolute atomic E-state index is 0.670. The maximum absolute atomic E-state index is 5.95. The Balaban J connectivity index is 1.91. The number of hydrogen-bond donors (Lipinski definition) is 2. The van der Waals surface area contributed by atoms with E-state index in [-0.39, 0.29) is 0 Å². The first kappa shape index (κ1) is 20.2. The van der Waals surface area contributed by atoms with Gasteiger partial charge >= 0.3 is 0 Å². The van der Waals surface area contributed by atoms with E-state index in [0.29, 0.717) is 10.1 Å². The Morgan fingerprint density at radius 3 is 2.17 bits per heavy atom. The quantitative estimate of drug-likeness (QED) is 0.329. The van der Waals surface area contributed by atoms with E-state index in [2.05, 4.69) is 17.6 Å². The van der Waals surface area contributed by atoms with Crippen LogP contribution in [0.3, 0.4) is 0 Å². The third-order valence-corrected chi connectivity index (χ3v) is 4.38. The summed E-state index contributed by atoms with van der Waals surface area (Å²) in [6, 6.07) is 7.60. The molecule has 0 saturated heterocycles. The van der Waals surface area contributed by atoms with Crippen LogP contribution in [0.1, 0.15) is 71.1 Å². The van der Waals surface area contributed by atoms with Gasteiger partial charge in [-0.1, -0.05) is 82.4 Å². The van der Waals surface area contributed by atoms with Gasteiger partial charge in [-0.3, -0.25) is 0 Å². The van der Waals surface area contributed by atoms with E-state index < -0.39 is 0 Å². The third kappa shape index (κ3) is 11.4. The largest absolute Gasteiger partial charge is 0.362 e. The Bertz CT molecular complexity index is 437. The van der Waals surface area contributed by atoms with Crippen molar-refractivity contribution in [2.45, 2.75) is 71.1 Å². The molecule has 1 rings (SSSR count). The van der Waals surface area contributed by atoms with Crippen LogP contribution >= 0.6 is 23.8 Å². The van der Waals surface area contributed by atoms with Gasteiger partial charge in [0.15, 0.2) is 5.11 Å². The number of nitrogens with one attached hydrogen (secondary N) is 2. The molecule has 0 spiro atoms. The number of anilines is 1. The topological polar surface area (TPSA) is 24.1 Å². The molecule has 0 radical (unpaired) electrons. The highest BCUT2D eigenvalue weighted by Crippen LogP contribution is 2.14. The van der Waals surface area contributed by atoms with Gasteiger partial charge < -0.3 is 10.6 Å². The Hall–Kier alpha value is -0.800. The first-order valence-corrected chi connectivity index (χ1v) is 9.81. The summed E-state index contributed by atoms with van der Waals surface area (Å²) in [7, 11) is 0. The molecule has 0 heterocycles. The van der Waals surface area contributed by atoms with Gasteiger partial charge in [0.25, 0.3) is 0 Å². The predicted octanol–water partition coefficient (Wildman–Crippen LogP) is 6.55. The normalized spacial score (nSPS) is 10.5. The number of hydrogen-bond acceptors (Lipinski definition) is 1. The van der Waals surface area contributed by atoms with Gasteiger partial charge in [-0.05, 0) is 36.8 Å². The van der Waals surface area contributed by atoms with Gasteiger partial charge in [-0.2, -0.15) is 0 Å². The zero-order valence-corrected chi connectivity index (χ0v) is 15.9. The summed E-state index contributed by atoms with van der Waals surface area (Å²) in [5, 5.41) is 7.79. The molecular weight excluding hydrogens is 324 g/mol. The molecule has 0 aromatic heterocycles. The predicted molar refractivity (Wildman–Crippen MR) is 108 cm³/mol. The summed E-state index contributed by atoms with van der Waals surface area (Å²) in [4.78, 5) is 0. The third-order valence-electron chi connectivity index (χ3n) is 3.90. The Morgan fingerprint density at radius 2 is 1.57 bits per heavy atom. The Morgan fingerprint density at radius 1 is 0.957 bits per heavy atom. The molecule has 0 aliphatic heterocycles. The highest BCUT2D eigenvalue weighted by atomic mass is 35.5. The first-order valence-electron chi connectivity index (χ1n) is 9.03. The molecule has 0 fully saturated rings. The van der Waals surface area contributed by atoms with Crippen molar-refractivity contribution < 1.29 is 0 Å². The maximum atomic E-state index is 5.95. The van der Waals surface area contributed by atoms with Crippen molar-refractivity contribution in [3.63, 3.8) is 0 Å². The molecule has 23 heavy (non-hydrogen) atoms. The zero-order chi connectivity index (χ0) is 16.8. The van der Waals surface area contributed by atoms with Crippen LogP contribution in [-0.4, -0.2) is 11.7 Å². The van der Waals surface area contributed by atoms with E-state index in [1.807, 2.05) is 24.3 Å². The van der Waals surface area contributed by atoms with E-state index in [1.165, 1.54) is 64.2 Å². The Kier molecular flexibility index (Phi) is 12.0. The monoisotopic (exact) mass is 354 g/mol. The summed E-state index contributed by atoms with van der Waals surface area (Å²) < 4.78 is 0. The average molecular weight is 355 g/mol. The molecule has 1 aromatic rings. The van der Waals surface area contributed by atoms with Crippen LogP contribution in [0, 0.1) is 0 Å². The second-order valence-corrected chi connectivity index (χ2v) is 6.92. The molecule has 0 amide bonds. The smallest absolute Gasteiger partial charge is 0.170 e. The standard InChI is InChI=1S/C19H31ClN2S/c1-2-3-4-5-6-7-8-9-10-11-15-21-19(23)22-18-14-12-13-17(20)16-18/h12-14,16H,2-11,15H2,1H3,(H2,21,22,23). The van der Waals surface area contributed by atoms with Gasteiger partial charge in [-0.15, -0.1) is 0 Å². The van der Waals surface area contributed by atoms with Gasteiger partial charge in [0.05, 0.1) is 0 Å². The van der Waals surface area contributed by atoms with E-state index in [4.69, 9.17) is 23.8 Å². The molecule has 0 aliphatic carbocycles. The van der Waals surface area contributed by atoms with Crippen LogP contribution in [0.4, 0.5) is 5.69 Å². The number of unbranched alkanes of at least 4 members (excludes halogenated alkanes) is 9. The SMILES string of the molecule is CCCCCCCCCCCCNC(=S)Nc1cccc(Cl)c1. The summed E-state index contributed by atoms with van der Waals surface area (Å²) in [5.41, 5.74) is 0.929. The molecule has 4 heteroatoms. The molecule has 0 aliphatic rings. The molecular formula is C19H31ClN2S. The van der Waals surface area contributed by atoms with E-state index in [9.17, 15) is 0 Å². The van der Waals surface area contributed by atoms with Crippen LogP contribution in [0.15, 0.2) is 24.3 Å². The zero-order valence-electron chi connectivity index (χ0n) is 14.4. The van der Waals surface area contributed by atoms with Crippen LogP contribution in [-0.2, 0) is 0 Å².